The summed E-state index contributed by atoms with van der Waals surface area (Å²) in [4.78, 5) is 39.3. The number of hydrogen-bond donors (Lipinski definition) is 0. The lowest BCUT2D eigenvalue weighted by atomic mass is 10.1. The summed E-state index contributed by atoms with van der Waals surface area (Å²) in [6.07, 6.45) is 0. The van der Waals surface area contributed by atoms with Crippen LogP contribution in [0.3, 0.4) is 0 Å². The maximum atomic E-state index is 12.6. The summed E-state index contributed by atoms with van der Waals surface area (Å²) in [5, 5.41) is 0. The van der Waals surface area contributed by atoms with Crippen LogP contribution in [0.25, 0.3) is 0 Å². The lowest BCUT2D eigenvalue weighted by Gasteiger charge is -2.23. The normalized spacial score (nSPS) is 14.5. The molecule has 2 aromatic rings. The Balaban J connectivity index is 1.86. The summed E-state index contributed by atoms with van der Waals surface area (Å²) in [5.74, 6) is -1.28. The maximum absolute atomic E-state index is 12.6. The predicted molar refractivity (Wildman–Crippen MR) is 89.9 cm³/mol. The van der Waals surface area contributed by atoms with E-state index in [2.05, 4.69) is 0 Å². The molecule has 0 radical (unpaired) electrons. The molecule has 2 amide bonds. The van der Waals surface area contributed by atoms with Crippen molar-refractivity contribution in [3.63, 3.8) is 0 Å². The van der Waals surface area contributed by atoms with Crippen molar-refractivity contribution < 1.29 is 19.1 Å². The molecule has 1 heterocycles. The fraction of sp³-hybridized carbons (Fsp3) is 0.167. The fourth-order valence-corrected chi connectivity index (χ4v) is 3.55. The average Bonchev–Trinajstić information content (AvgIpc) is 2.88. The van der Waals surface area contributed by atoms with Crippen LogP contribution < -0.4 is 0 Å². The van der Waals surface area contributed by atoms with Crippen molar-refractivity contribution in [2.24, 2.45) is 0 Å². The molecule has 0 unspecified atom stereocenters. The van der Waals surface area contributed by atoms with Gasteiger partial charge in [-0.3, -0.25) is 14.5 Å². The van der Waals surface area contributed by atoms with Gasteiger partial charge in [0.1, 0.15) is 6.04 Å². The third-order valence-corrected chi connectivity index (χ3v) is 4.85. The number of methoxy groups -OCH3 is 1. The number of nitrogens with zero attached hydrogens (tertiary/aromatic N) is 1. The molecule has 1 atom stereocenters. The van der Waals surface area contributed by atoms with Crippen LogP contribution in [0.1, 0.15) is 20.7 Å². The van der Waals surface area contributed by atoms with Crippen molar-refractivity contribution in [3.05, 3.63) is 65.7 Å². The minimum Gasteiger partial charge on any atom is -0.467 e. The molecule has 0 saturated carbocycles. The number of rotatable bonds is 5. The van der Waals surface area contributed by atoms with Gasteiger partial charge in [0, 0.05) is 10.6 Å². The van der Waals surface area contributed by atoms with Gasteiger partial charge in [-0.2, -0.15) is 0 Å². The first-order chi connectivity index (χ1) is 11.6. The molecule has 2 aromatic carbocycles. The first kappa shape index (κ1) is 16.3. The second-order valence-corrected chi connectivity index (χ2v) is 6.28. The number of carbonyl (C=O) groups is 3. The van der Waals surface area contributed by atoms with E-state index in [0.29, 0.717) is 11.1 Å². The summed E-state index contributed by atoms with van der Waals surface area (Å²) in [7, 11) is 1.25. The molecule has 0 saturated heterocycles. The van der Waals surface area contributed by atoms with Gasteiger partial charge in [-0.25, -0.2) is 4.79 Å². The van der Waals surface area contributed by atoms with E-state index in [1.165, 1.54) is 18.9 Å². The molecule has 3 rings (SSSR count). The van der Waals surface area contributed by atoms with Gasteiger partial charge >= 0.3 is 5.97 Å². The number of imide groups is 1. The Morgan fingerprint density at radius 1 is 1.00 bits per heavy atom. The van der Waals surface area contributed by atoms with E-state index in [-0.39, 0.29) is 5.75 Å². The topological polar surface area (TPSA) is 63.7 Å². The summed E-state index contributed by atoms with van der Waals surface area (Å²) in [5.41, 5.74) is 0.641. The van der Waals surface area contributed by atoms with Gasteiger partial charge in [0.05, 0.1) is 18.2 Å². The minimum absolute atomic E-state index is 0.238. The van der Waals surface area contributed by atoms with Gasteiger partial charge in [-0.05, 0) is 24.3 Å². The van der Waals surface area contributed by atoms with Crippen LogP contribution in [0.5, 0.6) is 0 Å². The van der Waals surface area contributed by atoms with Gasteiger partial charge in [0.15, 0.2) is 0 Å². The van der Waals surface area contributed by atoms with Gasteiger partial charge in [0.25, 0.3) is 11.8 Å². The Bertz CT molecular complexity index is 756. The highest BCUT2D eigenvalue weighted by molar-refractivity contribution is 7.99. The van der Waals surface area contributed by atoms with Crippen LogP contribution in [0.15, 0.2) is 59.5 Å². The third kappa shape index (κ3) is 2.92. The molecule has 0 N–H and O–H groups in total. The number of benzene rings is 2. The van der Waals surface area contributed by atoms with Crippen LogP contribution in [0, 0.1) is 0 Å². The molecule has 5 nitrogen and oxygen atoms in total. The number of esters is 1. The second-order valence-electron chi connectivity index (χ2n) is 5.19. The SMILES string of the molecule is COC(=O)[C@H](CSc1ccccc1)N1C(=O)c2ccccc2C1=O. The Kier molecular flexibility index (Phi) is 4.66. The van der Waals surface area contributed by atoms with Gasteiger partial charge in [0.2, 0.25) is 0 Å². The molecule has 0 bridgehead atoms. The standard InChI is InChI=1S/C18H15NO4S/c1-23-18(22)15(11-24-12-7-3-2-4-8-12)19-16(20)13-9-5-6-10-14(13)17(19)21/h2-10,15H,11H2,1H3/t15-/m0/s1. The Hall–Kier alpha value is -2.60. The highest BCUT2D eigenvalue weighted by atomic mass is 32.2. The smallest absolute Gasteiger partial charge is 0.329 e. The zero-order valence-electron chi connectivity index (χ0n) is 13.0. The fourth-order valence-electron chi connectivity index (χ4n) is 2.57. The Morgan fingerprint density at radius 2 is 1.54 bits per heavy atom. The zero-order chi connectivity index (χ0) is 17.1. The lowest BCUT2D eigenvalue weighted by Crippen LogP contribution is -2.47. The first-order valence-electron chi connectivity index (χ1n) is 7.36. The summed E-state index contributed by atoms with van der Waals surface area (Å²) < 4.78 is 4.81. The van der Waals surface area contributed by atoms with E-state index in [4.69, 9.17) is 4.74 Å². The quantitative estimate of drug-likeness (QED) is 0.475. The monoisotopic (exact) mass is 341 g/mol. The molecular weight excluding hydrogens is 326 g/mol. The maximum Gasteiger partial charge on any atom is 0.329 e. The first-order valence-corrected chi connectivity index (χ1v) is 8.34. The number of carbonyl (C=O) groups excluding carboxylic acids is 3. The highest BCUT2D eigenvalue weighted by Crippen LogP contribution is 2.28. The van der Waals surface area contributed by atoms with E-state index in [1.54, 1.807) is 24.3 Å². The summed E-state index contributed by atoms with van der Waals surface area (Å²) in [6, 6.07) is 15.1. The van der Waals surface area contributed by atoms with Gasteiger partial charge < -0.3 is 4.74 Å². The van der Waals surface area contributed by atoms with Crippen molar-refractivity contribution >= 4 is 29.5 Å². The van der Waals surface area contributed by atoms with Crippen molar-refractivity contribution in [1.82, 2.24) is 4.90 Å². The minimum atomic E-state index is -0.965. The molecule has 1 aliphatic rings. The number of amides is 2. The Morgan fingerprint density at radius 3 is 2.08 bits per heavy atom. The third-order valence-electron chi connectivity index (χ3n) is 3.76. The zero-order valence-corrected chi connectivity index (χ0v) is 13.8. The van der Waals surface area contributed by atoms with E-state index in [9.17, 15) is 14.4 Å². The van der Waals surface area contributed by atoms with Gasteiger partial charge in [-0.1, -0.05) is 30.3 Å². The van der Waals surface area contributed by atoms with E-state index >= 15 is 0 Å². The van der Waals surface area contributed by atoms with E-state index < -0.39 is 23.8 Å². The molecule has 24 heavy (non-hydrogen) atoms. The van der Waals surface area contributed by atoms with Crippen LogP contribution in [-0.2, 0) is 9.53 Å². The molecule has 0 fully saturated rings. The molecule has 0 spiro atoms. The number of fused-ring (bicyclic) bond motifs is 1. The largest absolute Gasteiger partial charge is 0.467 e. The van der Waals surface area contributed by atoms with Crippen LogP contribution in [0.4, 0.5) is 0 Å². The molecule has 122 valence electrons. The number of ether oxygens (including phenoxy) is 1. The van der Waals surface area contributed by atoms with Crippen molar-refractivity contribution in [3.8, 4) is 0 Å². The predicted octanol–water partition coefficient (Wildman–Crippen LogP) is 2.62. The molecular formula is C18H15NO4S. The summed E-state index contributed by atoms with van der Waals surface area (Å²) >= 11 is 1.39. The number of hydrogen-bond acceptors (Lipinski definition) is 5. The van der Waals surface area contributed by atoms with Crippen molar-refractivity contribution in [2.75, 3.05) is 12.9 Å². The molecule has 0 aromatic heterocycles. The molecule has 1 aliphatic heterocycles. The number of thioether (sulfide) groups is 1. The van der Waals surface area contributed by atoms with Crippen molar-refractivity contribution in [1.29, 1.82) is 0 Å². The molecule has 6 heteroatoms. The van der Waals surface area contributed by atoms with Crippen LogP contribution >= 0.6 is 11.8 Å². The highest BCUT2D eigenvalue weighted by Gasteiger charge is 2.43. The van der Waals surface area contributed by atoms with Gasteiger partial charge in [-0.15, -0.1) is 11.8 Å². The Labute approximate surface area is 143 Å². The average molecular weight is 341 g/mol. The summed E-state index contributed by atoms with van der Waals surface area (Å²) in [6.45, 7) is 0. The molecule has 0 aliphatic carbocycles. The van der Waals surface area contributed by atoms with Crippen LogP contribution in [0.2, 0.25) is 0 Å². The lowest BCUT2D eigenvalue weighted by molar-refractivity contribution is -0.144. The van der Waals surface area contributed by atoms with E-state index in [0.717, 1.165) is 9.80 Å². The van der Waals surface area contributed by atoms with Crippen LogP contribution in [-0.4, -0.2) is 41.6 Å². The van der Waals surface area contributed by atoms with Crippen molar-refractivity contribution in [2.45, 2.75) is 10.9 Å². The van der Waals surface area contributed by atoms with E-state index in [1.807, 2.05) is 30.3 Å². The second kappa shape index (κ2) is 6.88.